The van der Waals surface area contributed by atoms with Crippen molar-refractivity contribution in [1.82, 2.24) is 4.98 Å². The van der Waals surface area contributed by atoms with Crippen molar-refractivity contribution in [2.75, 3.05) is 11.1 Å². The summed E-state index contributed by atoms with van der Waals surface area (Å²) in [7, 11) is 0. The number of thiazole rings is 1. The van der Waals surface area contributed by atoms with Crippen LogP contribution in [-0.4, -0.2) is 10.9 Å². The van der Waals surface area contributed by atoms with Gasteiger partial charge in [-0.15, -0.1) is 11.3 Å². The van der Waals surface area contributed by atoms with Gasteiger partial charge in [-0.3, -0.25) is 4.79 Å². The SMILES string of the molecule is CCCCc1ccc(NC(=O)Cc2csc(N)n2)cc1. The predicted molar refractivity (Wildman–Crippen MR) is 83.9 cm³/mol. The summed E-state index contributed by atoms with van der Waals surface area (Å²) in [6.45, 7) is 2.18. The van der Waals surface area contributed by atoms with Crippen LogP contribution in [0.25, 0.3) is 0 Å². The Morgan fingerprint density at radius 1 is 1.35 bits per heavy atom. The monoisotopic (exact) mass is 289 g/mol. The molecule has 0 saturated carbocycles. The number of aromatic nitrogens is 1. The molecule has 0 saturated heterocycles. The number of hydrogen-bond donors (Lipinski definition) is 2. The van der Waals surface area contributed by atoms with Crippen LogP contribution in [0, 0.1) is 0 Å². The second kappa shape index (κ2) is 7.05. The fourth-order valence-electron chi connectivity index (χ4n) is 1.91. The summed E-state index contributed by atoms with van der Waals surface area (Å²) < 4.78 is 0. The van der Waals surface area contributed by atoms with Gasteiger partial charge in [0.1, 0.15) is 0 Å². The third-order valence-electron chi connectivity index (χ3n) is 2.97. The van der Waals surface area contributed by atoms with Gasteiger partial charge in [0.25, 0.3) is 0 Å². The number of amides is 1. The summed E-state index contributed by atoms with van der Waals surface area (Å²) in [5.41, 5.74) is 8.37. The van der Waals surface area contributed by atoms with E-state index < -0.39 is 0 Å². The van der Waals surface area contributed by atoms with Gasteiger partial charge in [-0.25, -0.2) is 4.98 Å². The Hall–Kier alpha value is -1.88. The first-order valence-corrected chi connectivity index (χ1v) is 7.64. The largest absolute Gasteiger partial charge is 0.375 e. The first-order valence-electron chi connectivity index (χ1n) is 6.76. The Kier molecular flexibility index (Phi) is 5.12. The van der Waals surface area contributed by atoms with Gasteiger partial charge in [-0.1, -0.05) is 25.5 Å². The summed E-state index contributed by atoms with van der Waals surface area (Å²) in [4.78, 5) is 15.9. The van der Waals surface area contributed by atoms with E-state index in [0.717, 1.165) is 12.1 Å². The molecule has 0 aliphatic rings. The van der Waals surface area contributed by atoms with Gasteiger partial charge in [0.2, 0.25) is 5.91 Å². The molecule has 20 heavy (non-hydrogen) atoms. The maximum absolute atomic E-state index is 11.9. The summed E-state index contributed by atoms with van der Waals surface area (Å²) >= 11 is 1.35. The van der Waals surface area contributed by atoms with E-state index in [1.54, 1.807) is 0 Å². The van der Waals surface area contributed by atoms with Crippen LogP contribution in [0.3, 0.4) is 0 Å². The van der Waals surface area contributed by atoms with E-state index in [0.29, 0.717) is 10.8 Å². The number of nitrogens with zero attached hydrogens (tertiary/aromatic N) is 1. The fraction of sp³-hybridized carbons (Fsp3) is 0.333. The number of aryl methyl sites for hydroxylation is 1. The average Bonchev–Trinajstić information content (AvgIpc) is 2.83. The van der Waals surface area contributed by atoms with Crippen molar-refractivity contribution in [3.05, 3.63) is 40.9 Å². The van der Waals surface area contributed by atoms with Crippen LogP contribution in [0.4, 0.5) is 10.8 Å². The Labute approximate surface area is 123 Å². The zero-order chi connectivity index (χ0) is 14.4. The Morgan fingerprint density at radius 3 is 2.70 bits per heavy atom. The minimum atomic E-state index is -0.0726. The average molecular weight is 289 g/mol. The van der Waals surface area contributed by atoms with Gasteiger partial charge in [-0.05, 0) is 30.5 Å². The van der Waals surface area contributed by atoms with Crippen LogP contribution >= 0.6 is 11.3 Å². The van der Waals surface area contributed by atoms with Crippen LogP contribution in [0.15, 0.2) is 29.6 Å². The Morgan fingerprint density at radius 2 is 2.10 bits per heavy atom. The zero-order valence-corrected chi connectivity index (χ0v) is 12.4. The molecule has 0 unspecified atom stereocenters. The molecule has 0 bridgehead atoms. The lowest BCUT2D eigenvalue weighted by Gasteiger charge is -2.05. The predicted octanol–water partition coefficient (Wildman–Crippen LogP) is 3.25. The lowest BCUT2D eigenvalue weighted by atomic mass is 10.1. The van der Waals surface area contributed by atoms with Gasteiger partial charge >= 0.3 is 0 Å². The van der Waals surface area contributed by atoms with Crippen LogP contribution in [0.5, 0.6) is 0 Å². The van der Waals surface area contributed by atoms with Crippen molar-refractivity contribution in [2.24, 2.45) is 0 Å². The molecule has 1 amide bonds. The highest BCUT2D eigenvalue weighted by Gasteiger charge is 2.07. The maximum atomic E-state index is 11.9. The second-order valence-electron chi connectivity index (χ2n) is 4.70. The fourth-order valence-corrected chi connectivity index (χ4v) is 2.47. The highest BCUT2D eigenvalue weighted by molar-refractivity contribution is 7.13. The number of nitrogens with one attached hydrogen (secondary N) is 1. The van der Waals surface area contributed by atoms with Crippen LogP contribution < -0.4 is 11.1 Å². The zero-order valence-electron chi connectivity index (χ0n) is 11.6. The summed E-state index contributed by atoms with van der Waals surface area (Å²) in [5.74, 6) is -0.0726. The second-order valence-corrected chi connectivity index (χ2v) is 5.59. The van der Waals surface area contributed by atoms with E-state index in [-0.39, 0.29) is 12.3 Å². The van der Waals surface area contributed by atoms with E-state index in [1.165, 1.54) is 29.7 Å². The maximum Gasteiger partial charge on any atom is 0.230 e. The molecule has 0 aliphatic heterocycles. The minimum Gasteiger partial charge on any atom is -0.375 e. The molecular weight excluding hydrogens is 270 g/mol. The standard InChI is InChI=1S/C15H19N3OS/c1-2-3-4-11-5-7-12(8-6-11)17-14(19)9-13-10-20-15(16)18-13/h5-8,10H,2-4,9H2,1H3,(H2,16,18)(H,17,19). The number of rotatable bonds is 6. The van der Waals surface area contributed by atoms with Crippen molar-refractivity contribution >= 4 is 28.1 Å². The number of carbonyl (C=O) groups is 1. The van der Waals surface area contributed by atoms with Crippen LogP contribution in [0.2, 0.25) is 0 Å². The number of anilines is 2. The molecular formula is C15H19N3OS. The number of benzene rings is 1. The normalized spacial score (nSPS) is 10.4. The lowest BCUT2D eigenvalue weighted by Crippen LogP contribution is -2.14. The van der Waals surface area contributed by atoms with Crippen molar-refractivity contribution in [1.29, 1.82) is 0 Å². The first kappa shape index (κ1) is 14.5. The van der Waals surface area contributed by atoms with Gasteiger partial charge in [0.05, 0.1) is 12.1 Å². The van der Waals surface area contributed by atoms with Crippen LogP contribution in [-0.2, 0) is 17.6 Å². The van der Waals surface area contributed by atoms with Crippen molar-refractivity contribution < 1.29 is 4.79 Å². The molecule has 0 radical (unpaired) electrons. The molecule has 4 nitrogen and oxygen atoms in total. The van der Waals surface area contributed by atoms with Crippen molar-refractivity contribution in [3.8, 4) is 0 Å². The lowest BCUT2D eigenvalue weighted by molar-refractivity contribution is -0.115. The molecule has 0 atom stereocenters. The van der Waals surface area contributed by atoms with E-state index in [2.05, 4.69) is 29.4 Å². The number of nitrogens with two attached hydrogens (primary N) is 1. The minimum absolute atomic E-state index is 0.0726. The molecule has 106 valence electrons. The van der Waals surface area contributed by atoms with E-state index in [4.69, 9.17) is 5.73 Å². The number of hydrogen-bond acceptors (Lipinski definition) is 4. The molecule has 2 aromatic rings. The molecule has 0 aliphatic carbocycles. The Balaban J connectivity index is 1.87. The molecule has 0 spiro atoms. The Bertz CT molecular complexity index is 563. The molecule has 2 rings (SSSR count). The molecule has 0 fully saturated rings. The van der Waals surface area contributed by atoms with Gasteiger partial charge in [0.15, 0.2) is 5.13 Å². The van der Waals surface area contributed by atoms with Gasteiger partial charge < -0.3 is 11.1 Å². The third kappa shape index (κ3) is 4.35. The van der Waals surface area contributed by atoms with Gasteiger partial charge in [-0.2, -0.15) is 0 Å². The van der Waals surface area contributed by atoms with Crippen LogP contribution in [0.1, 0.15) is 31.0 Å². The number of nitrogen functional groups attached to an aromatic ring is 1. The molecule has 1 aromatic carbocycles. The number of carbonyl (C=O) groups excluding carboxylic acids is 1. The van der Waals surface area contributed by atoms with E-state index >= 15 is 0 Å². The number of unbranched alkanes of at least 4 members (excludes halogenated alkanes) is 1. The van der Waals surface area contributed by atoms with Crippen molar-refractivity contribution in [2.45, 2.75) is 32.6 Å². The van der Waals surface area contributed by atoms with Gasteiger partial charge in [0, 0.05) is 11.1 Å². The summed E-state index contributed by atoms with van der Waals surface area (Å²) in [5, 5.41) is 5.17. The topological polar surface area (TPSA) is 68.0 Å². The molecule has 3 N–H and O–H groups in total. The molecule has 1 aromatic heterocycles. The van der Waals surface area contributed by atoms with Crippen molar-refractivity contribution in [3.63, 3.8) is 0 Å². The van der Waals surface area contributed by atoms with E-state index in [9.17, 15) is 4.79 Å². The summed E-state index contributed by atoms with van der Waals surface area (Å²) in [6, 6.07) is 8.01. The highest BCUT2D eigenvalue weighted by Crippen LogP contribution is 2.14. The highest BCUT2D eigenvalue weighted by atomic mass is 32.1. The molecule has 5 heteroatoms. The quantitative estimate of drug-likeness (QED) is 0.857. The summed E-state index contributed by atoms with van der Waals surface area (Å²) in [6.07, 6.45) is 3.72. The first-order chi connectivity index (χ1) is 9.67. The third-order valence-corrected chi connectivity index (χ3v) is 3.69. The molecule has 1 heterocycles. The van der Waals surface area contributed by atoms with E-state index in [1.807, 2.05) is 17.5 Å². The smallest absolute Gasteiger partial charge is 0.230 e.